The van der Waals surface area contributed by atoms with Crippen LogP contribution in [0.1, 0.15) is 5.69 Å². The van der Waals surface area contributed by atoms with E-state index in [1.165, 1.54) is 33.0 Å². The van der Waals surface area contributed by atoms with Gasteiger partial charge in [0, 0.05) is 17.0 Å². The Kier molecular flexibility index (Phi) is 4.03. The van der Waals surface area contributed by atoms with E-state index in [4.69, 9.17) is 9.97 Å². The molecule has 0 unspecified atom stereocenters. The molecule has 0 saturated carbocycles. The molecule has 146 valence electrons. The molecule has 2 heteroatoms. The van der Waals surface area contributed by atoms with Crippen LogP contribution in [0.5, 0.6) is 0 Å². The van der Waals surface area contributed by atoms with Crippen molar-refractivity contribution in [3.63, 3.8) is 0 Å². The lowest BCUT2D eigenvalue weighted by Crippen LogP contribution is -1.92. The fourth-order valence-corrected chi connectivity index (χ4v) is 4.43. The fourth-order valence-electron chi connectivity index (χ4n) is 4.43. The smallest absolute Gasteiger partial charge is 0.0974 e. The molecule has 0 bridgehead atoms. The molecule has 6 rings (SSSR count). The van der Waals surface area contributed by atoms with Crippen molar-refractivity contribution < 1.29 is 0 Å². The fraction of sp³-hybridized carbons (Fsp3) is 0.0345. The van der Waals surface area contributed by atoms with Crippen molar-refractivity contribution in [1.29, 1.82) is 0 Å². The Morgan fingerprint density at radius 2 is 1.00 bits per heavy atom. The number of hydrogen-bond donors (Lipinski definition) is 0. The molecule has 0 amide bonds. The molecule has 0 fully saturated rings. The van der Waals surface area contributed by atoms with Gasteiger partial charge in [0.15, 0.2) is 0 Å². The van der Waals surface area contributed by atoms with E-state index >= 15 is 0 Å². The Morgan fingerprint density at radius 3 is 1.55 bits per heavy atom. The lowest BCUT2D eigenvalue weighted by atomic mass is 9.93. The zero-order valence-corrected chi connectivity index (χ0v) is 17.2. The number of aryl methyl sites for hydroxylation is 1. The van der Waals surface area contributed by atoms with Crippen LogP contribution in [0, 0.1) is 6.92 Å². The topological polar surface area (TPSA) is 25.8 Å². The Bertz CT molecular complexity index is 1570. The van der Waals surface area contributed by atoms with Crippen LogP contribution >= 0.6 is 0 Å². The van der Waals surface area contributed by atoms with E-state index in [0.29, 0.717) is 0 Å². The first-order chi connectivity index (χ1) is 15.3. The summed E-state index contributed by atoms with van der Waals surface area (Å²) in [6, 6.07) is 34.4. The van der Waals surface area contributed by atoms with Crippen LogP contribution in [0.4, 0.5) is 0 Å². The summed E-state index contributed by atoms with van der Waals surface area (Å²) in [6.45, 7) is 2.00. The summed E-state index contributed by atoms with van der Waals surface area (Å²) in [7, 11) is 0. The highest BCUT2D eigenvalue weighted by atomic mass is 14.8. The van der Waals surface area contributed by atoms with Gasteiger partial charge in [-0.2, -0.15) is 0 Å². The number of hydrogen-bond acceptors (Lipinski definition) is 2. The number of rotatable bonds is 2. The van der Waals surface area contributed by atoms with Gasteiger partial charge in [-0.1, -0.05) is 84.9 Å². The molecule has 6 aromatic rings. The van der Waals surface area contributed by atoms with Crippen molar-refractivity contribution in [3.8, 4) is 22.3 Å². The zero-order chi connectivity index (χ0) is 20.8. The van der Waals surface area contributed by atoms with Gasteiger partial charge in [0.2, 0.25) is 0 Å². The van der Waals surface area contributed by atoms with Crippen molar-refractivity contribution in [2.45, 2.75) is 6.92 Å². The SMILES string of the molecule is Cc1cnc2c3ccc(-c4ccccc4)cc3c3cc(-c4ccccc4)ccc3c2n1. The molecule has 31 heavy (non-hydrogen) atoms. The molecule has 0 atom stereocenters. The van der Waals surface area contributed by atoms with Crippen molar-refractivity contribution in [2.24, 2.45) is 0 Å². The average Bonchev–Trinajstić information content (AvgIpc) is 2.84. The van der Waals surface area contributed by atoms with Crippen LogP contribution < -0.4 is 0 Å². The highest BCUT2D eigenvalue weighted by molar-refractivity contribution is 6.24. The lowest BCUT2D eigenvalue weighted by Gasteiger charge is -2.13. The minimum absolute atomic E-state index is 0.932. The molecule has 1 aromatic heterocycles. The first-order valence-electron chi connectivity index (χ1n) is 10.5. The van der Waals surface area contributed by atoms with Gasteiger partial charge in [-0.05, 0) is 52.1 Å². The minimum Gasteiger partial charge on any atom is -0.252 e. The molecular formula is C29H20N2. The molecular weight excluding hydrogens is 376 g/mol. The van der Waals surface area contributed by atoms with Gasteiger partial charge in [0.1, 0.15) is 0 Å². The monoisotopic (exact) mass is 396 g/mol. The normalized spacial score (nSPS) is 11.4. The first kappa shape index (κ1) is 17.8. The van der Waals surface area contributed by atoms with E-state index in [1.54, 1.807) is 0 Å². The number of fused-ring (bicyclic) bond motifs is 6. The van der Waals surface area contributed by atoms with Gasteiger partial charge in [-0.15, -0.1) is 0 Å². The third-order valence-electron chi connectivity index (χ3n) is 5.95. The molecule has 1 heterocycles. The second kappa shape index (κ2) is 7.03. The Balaban J connectivity index is 1.74. The number of nitrogens with zero attached hydrogens (tertiary/aromatic N) is 2. The maximum absolute atomic E-state index is 4.87. The summed E-state index contributed by atoms with van der Waals surface area (Å²) >= 11 is 0. The first-order valence-corrected chi connectivity index (χ1v) is 10.5. The highest BCUT2D eigenvalue weighted by Crippen LogP contribution is 2.37. The van der Waals surface area contributed by atoms with Gasteiger partial charge in [0.25, 0.3) is 0 Å². The van der Waals surface area contributed by atoms with E-state index in [-0.39, 0.29) is 0 Å². The maximum atomic E-state index is 4.87. The van der Waals surface area contributed by atoms with E-state index in [9.17, 15) is 0 Å². The molecule has 0 N–H and O–H groups in total. The molecule has 2 nitrogen and oxygen atoms in total. The summed E-state index contributed by atoms with van der Waals surface area (Å²) < 4.78 is 0. The summed E-state index contributed by atoms with van der Waals surface area (Å²) in [4.78, 5) is 9.65. The van der Waals surface area contributed by atoms with Crippen LogP contribution in [-0.2, 0) is 0 Å². The second-order valence-electron chi connectivity index (χ2n) is 7.96. The van der Waals surface area contributed by atoms with Crippen LogP contribution in [0.25, 0.3) is 54.8 Å². The standard InChI is InChI=1S/C29H20N2/c1-19-18-30-28-24-14-12-22(20-8-4-2-5-9-20)16-26(24)27-17-23(21-10-6-3-7-11-21)13-15-25(27)29(28)31-19/h2-18H,1H3. The molecule has 0 aliphatic heterocycles. The largest absolute Gasteiger partial charge is 0.252 e. The van der Waals surface area contributed by atoms with Crippen LogP contribution in [0.2, 0.25) is 0 Å². The van der Waals surface area contributed by atoms with Crippen molar-refractivity contribution in [1.82, 2.24) is 9.97 Å². The van der Waals surface area contributed by atoms with Crippen LogP contribution in [0.3, 0.4) is 0 Å². The Labute approximate surface area is 180 Å². The van der Waals surface area contributed by atoms with Gasteiger partial charge >= 0.3 is 0 Å². The van der Waals surface area contributed by atoms with E-state index in [2.05, 4.69) is 97.1 Å². The minimum atomic E-state index is 0.932. The van der Waals surface area contributed by atoms with E-state index < -0.39 is 0 Å². The summed E-state index contributed by atoms with van der Waals surface area (Å²) in [6.07, 6.45) is 1.86. The maximum Gasteiger partial charge on any atom is 0.0974 e. The third-order valence-corrected chi connectivity index (χ3v) is 5.95. The summed E-state index contributed by atoms with van der Waals surface area (Å²) in [5.41, 5.74) is 7.70. The zero-order valence-electron chi connectivity index (χ0n) is 17.2. The molecule has 0 spiro atoms. The van der Waals surface area contributed by atoms with Crippen LogP contribution in [0.15, 0.2) is 103 Å². The van der Waals surface area contributed by atoms with Gasteiger partial charge < -0.3 is 0 Å². The Hall–Kier alpha value is -4.04. The second-order valence-corrected chi connectivity index (χ2v) is 7.96. The summed E-state index contributed by atoms with van der Waals surface area (Å²) in [5, 5.41) is 4.70. The van der Waals surface area contributed by atoms with Crippen molar-refractivity contribution in [3.05, 3.63) is 109 Å². The predicted octanol–water partition coefficient (Wildman–Crippen LogP) is 7.58. The average molecular weight is 396 g/mol. The lowest BCUT2D eigenvalue weighted by molar-refractivity contribution is 1.19. The highest BCUT2D eigenvalue weighted by Gasteiger charge is 2.13. The third kappa shape index (κ3) is 2.96. The molecule has 0 saturated heterocycles. The van der Waals surface area contributed by atoms with Gasteiger partial charge in [-0.3, -0.25) is 4.98 Å². The predicted molar refractivity (Wildman–Crippen MR) is 130 cm³/mol. The van der Waals surface area contributed by atoms with Gasteiger partial charge in [-0.25, -0.2) is 4.98 Å². The van der Waals surface area contributed by atoms with Crippen molar-refractivity contribution in [2.75, 3.05) is 0 Å². The van der Waals surface area contributed by atoms with Crippen LogP contribution in [-0.4, -0.2) is 9.97 Å². The van der Waals surface area contributed by atoms with E-state index in [0.717, 1.165) is 27.5 Å². The molecule has 5 aromatic carbocycles. The van der Waals surface area contributed by atoms with E-state index in [1.807, 2.05) is 13.1 Å². The number of benzene rings is 5. The van der Waals surface area contributed by atoms with Crippen molar-refractivity contribution >= 4 is 32.6 Å². The summed E-state index contributed by atoms with van der Waals surface area (Å²) in [5.74, 6) is 0. The number of aromatic nitrogens is 2. The van der Waals surface area contributed by atoms with Gasteiger partial charge in [0.05, 0.1) is 16.7 Å². The molecule has 0 radical (unpaired) electrons. The molecule has 0 aliphatic rings. The Morgan fingerprint density at radius 1 is 0.484 bits per heavy atom. The molecule has 0 aliphatic carbocycles. The quantitative estimate of drug-likeness (QED) is 0.282.